The van der Waals surface area contributed by atoms with Gasteiger partial charge in [-0.05, 0) is 24.7 Å². The van der Waals surface area contributed by atoms with Crippen molar-refractivity contribution in [1.29, 1.82) is 0 Å². The molecule has 18 heavy (non-hydrogen) atoms. The molecule has 0 aliphatic heterocycles. The van der Waals surface area contributed by atoms with Crippen LogP contribution in [0.3, 0.4) is 0 Å². The number of hydrogen-bond acceptors (Lipinski definition) is 4. The van der Waals surface area contributed by atoms with Gasteiger partial charge < -0.3 is 10.4 Å². The zero-order valence-corrected chi connectivity index (χ0v) is 11.8. The van der Waals surface area contributed by atoms with Crippen LogP contribution in [0, 0.1) is 0 Å². The molecule has 102 valence electrons. The van der Waals surface area contributed by atoms with Crippen molar-refractivity contribution in [3.63, 3.8) is 0 Å². The van der Waals surface area contributed by atoms with Crippen LogP contribution in [0.15, 0.2) is 18.5 Å². The zero-order valence-electron chi connectivity index (χ0n) is 11.0. The van der Waals surface area contributed by atoms with Crippen LogP contribution in [0.25, 0.3) is 0 Å². The van der Waals surface area contributed by atoms with Crippen LogP contribution in [0.1, 0.15) is 26.2 Å². The molecule has 0 bridgehead atoms. The largest absolute Gasteiger partial charge is 0.390 e. The van der Waals surface area contributed by atoms with Crippen LogP contribution in [-0.2, 0) is 6.54 Å². The summed E-state index contributed by atoms with van der Waals surface area (Å²) < 4.78 is 1.78. The fourth-order valence-corrected chi connectivity index (χ4v) is 3.78. The van der Waals surface area contributed by atoms with E-state index in [1.165, 1.54) is 25.0 Å². The van der Waals surface area contributed by atoms with Crippen molar-refractivity contribution in [2.24, 2.45) is 0 Å². The first kappa shape index (κ1) is 13.9. The molecule has 1 aromatic rings. The van der Waals surface area contributed by atoms with Crippen LogP contribution in [0.5, 0.6) is 0 Å². The Balaban J connectivity index is 1.70. The summed E-state index contributed by atoms with van der Waals surface area (Å²) in [5.74, 6) is 1.18. The minimum absolute atomic E-state index is 0.363. The van der Waals surface area contributed by atoms with Crippen molar-refractivity contribution >= 4 is 11.8 Å². The second-order valence-electron chi connectivity index (χ2n) is 4.82. The Bertz CT molecular complexity index is 331. The molecule has 1 aliphatic carbocycles. The van der Waals surface area contributed by atoms with Crippen LogP contribution in [0.4, 0.5) is 0 Å². The number of thioether (sulfide) groups is 1. The summed E-state index contributed by atoms with van der Waals surface area (Å²) in [4.78, 5) is 0. The Morgan fingerprint density at radius 2 is 2.44 bits per heavy atom. The average molecular weight is 269 g/mol. The van der Waals surface area contributed by atoms with Crippen molar-refractivity contribution in [2.75, 3.05) is 12.3 Å². The summed E-state index contributed by atoms with van der Waals surface area (Å²) in [6.45, 7) is 3.44. The highest BCUT2D eigenvalue weighted by atomic mass is 32.2. The van der Waals surface area contributed by atoms with E-state index < -0.39 is 0 Å². The molecule has 1 aromatic heterocycles. The van der Waals surface area contributed by atoms with E-state index in [4.69, 9.17) is 0 Å². The highest BCUT2D eigenvalue weighted by Crippen LogP contribution is 2.29. The van der Waals surface area contributed by atoms with Crippen LogP contribution >= 0.6 is 11.8 Å². The third kappa shape index (κ3) is 4.00. The minimum atomic E-state index is -0.363. The van der Waals surface area contributed by atoms with E-state index in [-0.39, 0.29) is 6.10 Å². The van der Waals surface area contributed by atoms with E-state index in [0.717, 1.165) is 5.25 Å². The molecule has 5 heteroatoms. The summed E-state index contributed by atoms with van der Waals surface area (Å²) in [5, 5.41) is 18.3. The first-order chi connectivity index (χ1) is 8.79. The summed E-state index contributed by atoms with van der Waals surface area (Å²) in [7, 11) is 0. The molecular formula is C13H23N3OS. The van der Waals surface area contributed by atoms with Crippen LogP contribution < -0.4 is 5.32 Å². The van der Waals surface area contributed by atoms with E-state index >= 15 is 0 Å². The second kappa shape index (κ2) is 7.16. The maximum Gasteiger partial charge on any atom is 0.0860 e. The second-order valence-corrected chi connectivity index (χ2v) is 6.34. The monoisotopic (exact) mass is 269 g/mol. The molecule has 3 atom stereocenters. The summed E-state index contributed by atoms with van der Waals surface area (Å²) in [6.07, 6.45) is 7.12. The van der Waals surface area contributed by atoms with Gasteiger partial charge in [-0.15, -0.1) is 0 Å². The predicted molar refractivity (Wildman–Crippen MR) is 75.8 cm³/mol. The Kier molecular flexibility index (Phi) is 5.53. The molecule has 0 amide bonds. The third-order valence-electron chi connectivity index (χ3n) is 3.41. The Morgan fingerprint density at radius 1 is 1.56 bits per heavy atom. The maximum absolute atomic E-state index is 9.97. The van der Waals surface area contributed by atoms with Crippen molar-refractivity contribution < 1.29 is 5.11 Å². The highest BCUT2D eigenvalue weighted by molar-refractivity contribution is 7.99. The summed E-state index contributed by atoms with van der Waals surface area (Å²) in [5.41, 5.74) is 0. The first-order valence-corrected chi connectivity index (χ1v) is 7.85. The van der Waals surface area contributed by atoms with Crippen molar-refractivity contribution in [1.82, 2.24) is 15.1 Å². The highest BCUT2D eigenvalue weighted by Gasteiger charge is 2.26. The van der Waals surface area contributed by atoms with Crippen LogP contribution in [-0.4, -0.2) is 44.6 Å². The van der Waals surface area contributed by atoms with Crippen molar-refractivity contribution in [2.45, 2.75) is 50.1 Å². The zero-order chi connectivity index (χ0) is 12.8. The molecule has 1 aliphatic rings. The minimum Gasteiger partial charge on any atom is -0.390 e. The van der Waals surface area contributed by atoms with E-state index in [1.807, 2.05) is 24.0 Å². The van der Waals surface area contributed by atoms with Gasteiger partial charge in [-0.1, -0.05) is 13.3 Å². The molecule has 0 spiro atoms. The van der Waals surface area contributed by atoms with Crippen molar-refractivity contribution in [3.05, 3.63) is 18.5 Å². The van der Waals surface area contributed by atoms with Gasteiger partial charge in [0, 0.05) is 30.2 Å². The van der Waals surface area contributed by atoms with Crippen molar-refractivity contribution in [3.8, 4) is 0 Å². The fourth-order valence-electron chi connectivity index (χ4n) is 2.55. The lowest BCUT2D eigenvalue weighted by Gasteiger charge is -2.22. The van der Waals surface area contributed by atoms with E-state index in [2.05, 4.69) is 17.3 Å². The fraction of sp³-hybridized carbons (Fsp3) is 0.769. The SMILES string of the molecule is CCSC1CCCC1NCC(O)Cn1cccn1. The lowest BCUT2D eigenvalue weighted by atomic mass is 10.2. The number of nitrogens with one attached hydrogen (secondary N) is 1. The predicted octanol–water partition coefficient (Wildman–Crippen LogP) is 1.51. The van der Waals surface area contributed by atoms with Gasteiger partial charge in [-0.2, -0.15) is 16.9 Å². The molecule has 1 fully saturated rings. The molecule has 0 aromatic carbocycles. The Labute approximate surface area is 113 Å². The average Bonchev–Trinajstić information content (AvgIpc) is 2.99. The van der Waals surface area contributed by atoms with Gasteiger partial charge in [0.1, 0.15) is 0 Å². The molecule has 0 radical (unpaired) electrons. The Morgan fingerprint density at radius 3 is 3.17 bits per heavy atom. The summed E-state index contributed by atoms with van der Waals surface area (Å²) >= 11 is 2.04. The molecule has 1 heterocycles. The lowest BCUT2D eigenvalue weighted by Crippen LogP contribution is -2.40. The van der Waals surface area contributed by atoms with E-state index in [9.17, 15) is 5.11 Å². The Hall–Kier alpha value is -0.520. The lowest BCUT2D eigenvalue weighted by molar-refractivity contribution is 0.143. The molecule has 1 saturated carbocycles. The number of aliphatic hydroxyl groups excluding tert-OH is 1. The summed E-state index contributed by atoms with van der Waals surface area (Å²) in [6, 6.07) is 2.45. The molecule has 3 unspecified atom stereocenters. The van der Waals surface area contributed by atoms with Gasteiger partial charge in [0.15, 0.2) is 0 Å². The number of rotatable bonds is 7. The molecule has 2 rings (SSSR count). The van der Waals surface area contributed by atoms with Gasteiger partial charge in [-0.3, -0.25) is 4.68 Å². The molecule has 2 N–H and O–H groups in total. The number of aromatic nitrogens is 2. The maximum atomic E-state index is 9.97. The molecular weight excluding hydrogens is 246 g/mol. The number of hydrogen-bond donors (Lipinski definition) is 2. The smallest absolute Gasteiger partial charge is 0.0860 e. The third-order valence-corrected chi connectivity index (χ3v) is 4.73. The quantitative estimate of drug-likeness (QED) is 0.788. The topological polar surface area (TPSA) is 50.1 Å². The normalized spacial score (nSPS) is 25.4. The van der Waals surface area contributed by atoms with Crippen LogP contribution in [0.2, 0.25) is 0 Å². The van der Waals surface area contributed by atoms with E-state index in [0.29, 0.717) is 19.1 Å². The van der Waals surface area contributed by atoms with E-state index in [1.54, 1.807) is 10.9 Å². The van der Waals surface area contributed by atoms with Gasteiger partial charge >= 0.3 is 0 Å². The number of nitrogens with zero attached hydrogens (tertiary/aromatic N) is 2. The van der Waals surface area contributed by atoms with Gasteiger partial charge in [0.25, 0.3) is 0 Å². The standard InChI is InChI=1S/C13H23N3OS/c1-2-18-13-6-3-5-12(13)14-9-11(17)10-16-8-4-7-15-16/h4,7-8,11-14,17H,2-3,5-6,9-10H2,1H3. The molecule has 0 saturated heterocycles. The number of aliphatic hydroxyl groups is 1. The van der Waals surface area contributed by atoms with Gasteiger partial charge in [0.2, 0.25) is 0 Å². The van der Waals surface area contributed by atoms with Gasteiger partial charge in [0.05, 0.1) is 12.6 Å². The molecule has 4 nitrogen and oxygen atoms in total. The van der Waals surface area contributed by atoms with Gasteiger partial charge in [-0.25, -0.2) is 0 Å². The first-order valence-electron chi connectivity index (χ1n) is 6.80.